The van der Waals surface area contributed by atoms with Crippen molar-refractivity contribution in [1.82, 2.24) is 0 Å². The molecule has 64 valence electrons. The number of fused-ring (bicyclic) bond motifs is 1. The molecule has 1 aromatic carbocycles. The van der Waals surface area contributed by atoms with Crippen LogP contribution in [-0.2, 0) is 0 Å². The average molecular weight is 188 g/mol. The summed E-state index contributed by atoms with van der Waals surface area (Å²) in [7, 11) is 0. The molecule has 2 aromatic rings. The lowest BCUT2D eigenvalue weighted by Gasteiger charge is -1.99. The molecule has 13 heavy (non-hydrogen) atoms. The third kappa shape index (κ3) is 1.31. The Bertz CT molecular complexity index is 467. The molecule has 3 heteroatoms. The Kier molecular flexibility index (Phi) is 2.01. The highest BCUT2D eigenvalue weighted by atomic mass is 32.1. The van der Waals surface area contributed by atoms with E-state index in [9.17, 15) is 0 Å². The molecule has 2 rings (SSSR count). The molecule has 1 atom stereocenters. The van der Waals surface area contributed by atoms with Crippen molar-refractivity contribution in [3.63, 3.8) is 0 Å². The summed E-state index contributed by atoms with van der Waals surface area (Å²) in [6, 6.07) is 9.52. The highest BCUT2D eigenvalue weighted by Crippen LogP contribution is 2.28. The molecule has 0 fully saturated rings. The van der Waals surface area contributed by atoms with Crippen LogP contribution >= 0.6 is 11.3 Å². The van der Waals surface area contributed by atoms with E-state index >= 15 is 0 Å². The zero-order valence-electron chi connectivity index (χ0n) is 6.90. The van der Waals surface area contributed by atoms with Gasteiger partial charge in [-0.3, -0.25) is 0 Å². The maximum Gasteiger partial charge on any atom is 0.120 e. The zero-order chi connectivity index (χ0) is 9.26. The molecule has 2 nitrogen and oxygen atoms in total. The maximum absolute atomic E-state index is 8.70. The largest absolute Gasteiger partial charge is 0.312 e. The minimum atomic E-state index is -0.504. The lowest BCUT2D eigenvalue weighted by atomic mass is 10.1. The summed E-state index contributed by atoms with van der Waals surface area (Å²) in [5.41, 5.74) is 6.58. The van der Waals surface area contributed by atoms with E-state index in [0.717, 1.165) is 10.9 Å². The normalized spacial score (nSPS) is 12.6. The highest BCUT2D eigenvalue weighted by molar-refractivity contribution is 7.17. The van der Waals surface area contributed by atoms with E-state index in [0.29, 0.717) is 0 Å². The predicted molar refractivity (Wildman–Crippen MR) is 54.4 cm³/mol. The molecular formula is C10H8N2S. The lowest BCUT2D eigenvalue weighted by Crippen LogP contribution is -2.05. The Hall–Kier alpha value is -1.37. The van der Waals surface area contributed by atoms with Gasteiger partial charge in [0.15, 0.2) is 0 Å². The Labute approximate surface area is 80.2 Å². The Morgan fingerprint density at radius 2 is 2.15 bits per heavy atom. The molecule has 0 aliphatic rings. The quantitative estimate of drug-likeness (QED) is 0.747. The topological polar surface area (TPSA) is 49.8 Å². The van der Waals surface area contributed by atoms with Gasteiger partial charge in [-0.1, -0.05) is 18.2 Å². The fraction of sp³-hybridized carbons (Fsp3) is 0.100. The molecule has 0 spiro atoms. The molecule has 0 aliphatic heterocycles. The van der Waals surface area contributed by atoms with E-state index in [1.807, 2.05) is 35.7 Å². The van der Waals surface area contributed by atoms with Crippen LogP contribution in [0.5, 0.6) is 0 Å². The van der Waals surface area contributed by atoms with Crippen LogP contribution in [0.2, 0.25) is 0 Å². The molecule has 2 N–H and O–H groups in total. The second kappa shape index (κ2) is 3.17. The van der Waals surface area contributed by atoms with Gasteiger partial charge in [0, 0.05) is 10.3 Å². The molecule has 0 aliphatic carbocycles. The van der Waals surface area contributed by atoms with E-state index in [1.54, 1.807) is 11.3 Å². The van der Waals surface area contributed by atoms with Crippen LogP contribution in [0.4, 0.5) is 0 Å². The molecular weight excluding hydrogens is 180 g/mol. The van der Waals surface area contributed by atoms with E-state index in [-0.39, 0.29) is 0 Å². The SMILES string of the molecule is N#CC(N)c1csc2ccccc12. The number of thiophene rings is 1. The van der Waals surface area contributed by atoms with Crippen LogP contribution in [0.25, 0.3) is 10.1 Å². The molecule has 0 radical (unpaired) electrons. The van der Waals surface area contributed by atoms with Gasteiger partial charge in [0.1, 0.15) is 6.04 Å². The van der Waals surface area contributed by atoms with Crippen LogP contribution in [-0.4, -0.2) is 0 Å². The molecule has 1 aromatic heterocycles. The number of hydrogen-bond acceptors (Lipinski definition) is 3. The summed E-state index contributed by atoms with van der Waals surface area (Å²) < 4.78 is 1.18. The third-order valence-corrected chi connectivity index (χ3v) is 2.97. The van der Waals surface area contributed by atoms with Crippen LogP contribution in [0, 0.1) is 11.3 Å². The Morgan fingerprint density at radius 1 is 1.38 bits per heavy atom. The summed E-state index contributed by atoms with van der Waals surface area (Å²) >= 11 is 1.63. The average Bonchev–Trinajstić information content (AvgIpc) is 2.60. The number of nitriles is 1. The van der Waals surface area contributed by atoms with Crippen LogP contribution in [0.1, 0.15) is 11.6 Å². The number of hydrogen-bond donors (Lipinski definition) is 1. The first-order valence-electron chi connectivity index (χ1n) is 3.94. The monoisotopic (exact) mass is 188 g/mol. The maximum atomic E-state index is 8.70. The van der Waals surface area contributed by atoms with Crippen molar-refractivity contribution in [2.75, 3.05) is 0 Å². The number of nitrogens with two attached hydrogens (primary N) is 1. The van der Waals surface area contributed by atoms with Gasteiger partial charge in [-0.05, 0) is 16.8 Å². The van der Waals surface area contributed by atoms with Crippen molar-refractivity contribution >= 4 is 21.4 Å². The first-order chi connectivity index (χ1) is 6.33. The van der Waals surface area contributed by atoms with Gasteiger partial charge in [-0.25, -0.2) is 0 Å². The van der Waals surface area contributed by atoms with Gasteiger partial charge in [-0.15, -0.1) is 11.3 Å². The second-order valence-electron chi connectivity index (χ2n) is 2.79. The predicted octanol–water partition coefficient (Wildman–Crippen LogP) is 2.42. The Morgan fingerprint density at radius 3 is 2.92 bits per heavy atom. The van der Waals surface area contributed by atoms with Crippen molar-refractivity contribution in [2.24, 2.45) is 5.73 Å². The zero-order valence-corrected chi connectivity index (χ0v) is 7.71. The number of benzene rings is 1. The van der Waals surface area contributed by atoms with E-state index < -0.39 is 6.04 Å². The van der Waals surface area contributed by atoms with E-state index in [2.05, 4.69) is 0 Å². The minimum Gasteiger partial charge on any atom is -0.312 e. The standard InChI is InChI=1S/C10H8N2S/c11-5-9(12)8-6-13-10-4-2-1-3-7(8)10/h1-4,6,9H,12H2. The number of rotatable bonds is 1. The van der Waals surface area contributed by atoms with Crippen molar-refractivity contribution in [3.8, 4) is 6.07 Å². The molecule has 0 saturated heterocycles. The molecule has 0 amide bonds. The summed E-state index contributed by atoms with van der Waals surface area (Å²) in [4.78, 5) is 0. The van der Waals surface area contributed by atoms with Gasteiger partial charge in [-0.2, -0.15) is 5.26 Å². The van der Waals surface area contributed by atoms with Crippen LogP contribution < -0.4 is 5.73 Å². The minimum absolute atomic E-state index is 0.504. The third-order valence-electron chi connectivity index (χ3n) is 1.99. The van der Waals surface area contributed by atoms with Crippen molar-refractivity contribution in [3.05, 3.63) is 35.2 Å². The molecule has 1 heterocycles. The van der Waals surface area contributed by atoms with Crippen LogP contribution in [0.3, 0.4) is 0 Å². The van der Waals surface area contributed by atoms with Gasteiger partial charge in [0.2, 0.25) is 0 Å². The van der Waals surface area contributed by atoms with Crippen molar-refractivity contribution in [2.45, 2.75) is 6.04 Å². The van der Waals surface area contributed by atoms with Gasteiger partial charge < -0.3 is 5.73 Å². The first-order valence-corrected chi connectivity index (χ1v) is 4.82. The van der Waals surface area contributed by atoms with Crippen LogP contribution in [0.15, 0.2) is 29.6 Å². The lowest BCUT2D eigenvalue weighted by molar-refractivity contribution is 0.942. The highest BCUT2D eigenvalue weighted by Gasteiger charge is 2.09. The fourth-order valence-corrected chi connectivity index (χ4v) is 2.31. The van der Waals surface area contributed by atoms with Gasteiger partial charge >= 0.3 is 0 Å². The van der Waals surface area contributed by atoms with Gasteiger partial charge in [0.25, 0.3) is 0 Å². The van der Waals surface area contributed by atoms with Crippen molar-refractivity contribution in [1.29, 1.82) is 5.26 Å². The molecule has 1 unspecified atom stereocenters. The first kappa shape index (κ1) is 8.24. The summed E-state index contributed by atoms with van der Waals surface area (Å²) in [5, 5.41) is 11.8. The summed E-state index contributed by atoms with van der Waals surface area (Å²) in [6.45, 7) is 0. The van der Waals surface area contributed by atoms with Gasteiger partial charge in [0.05, 0.1) is 6.07 Å². The van der Waals surface area contributed by atoms with E-state index in [1.165, 1.54) is 4.70 Å². The fourth-order valence-electron chi connectivity index (χ4n) is 1.31. The van der Waals surface area contributed by atoms with E-state index in [4.69, 9.17) is 11.0 Å². The number of nitrogens with zero attached hydrogens (tertiary/aromatic N) is 1. The Balaban J connectivity index is 2.66. The molecule has 0 saturated carbocycles. The second-order valence-corrected chi connectivity index (χ2v) is 3.71. The smallest absolute Gasteiger partial charge is 0.120 e. The molecule has 0 bridgehead atoms. The summed E-state index contributed by atoms with van der Waals surface area (Å²) in [5.74, 6) is 0. The van der Waals surface area contributed by atoms with Crippen molar-refractivity contribution < 1.29 is 0 Å². The summed E-state index contributed by atoms with van der Waals surface area (Å²) in [6.07, 6.45) is 0.